The lowest BCUT2D eigenvalue weighted by Gasteiger charge is -2.21. The largest absolute Gasteiger partial charge is 0.0836 e. The van der Waals surface area contributed by atoms with Crippen molar-refractivity contribution >= 4 is 52.7 Å². The topological polar surface area (TPSA) is 0 Å². The van der Waals surface area contributed by atoms with Crippen LogP contribution in [0.3, 0.4) is 0 Å². The fourth-order valence-electron chi connectivity index (χ4n) is 5.91. The van der Waals surface area contributed by atoms with Crippen LogP contribution >= 0.6 is 7.92 Å². The van der Waals surface area contributed by atoms with E-state index >= 15 is 0 Å². The van der Waals surface area contributed by atoms with Crippen LogP contribution in [0.15, 0.2) is 163 Å². The first-order valence-corrected chi connectivity index (χ1v) is 17.5. The summed E-state index contributed by atoms with van der Waals surface area (Å²) >= 11 is 0. The van der Waals surface area contributed by atoms with Crippen molar-refractivity contribution < 1.29 is 0 Å². The van der Waals surface area contributed by atoms with Crippen molar-refractivity contribution in [2.75, 3.05) is 0 Å². The van der Waals surface area contributed by atoms with Crippen LogP contribution in [0, 0.1) is 0 Å². The van der Waals surface area contributed by atoms with Crippen molar-refractivity contribution in [3.05, 3.63) is 191 Å². The number of hydrogen-bond donors (Lipinski definition) is 0. The third kappa shape index (κ3) is 7.89. The molecule has 1 aliphatic carbocycles. The molecular formula is C45H41P. The van der Waals surface area contributed by atoms with E-state index in [4.69, 9.17) is 0 Å². The second kappa shape index (κ2) is 15.0. The van der Waals surface area contributed by atoms with Crippen LogP contribution in [-0.4, -0.2) is 0 Å². The molecule has 0 aliphatic heterocycles. The van der Waals surface area contributed by atoms with Crippen molar-refractivity contribution in [1.29, 1.82) is 0 Å². The van der Waals surface area contributed by atoms with Gasteiger partial charge in [0, 0.05) is 0 Å². The number of rotatable bonds is 9. The second-order valence-corrected chi connectivity index (χ2v) is 14.2. The smallest absolute Gasteiger partial charge is 0.0134 e. The molecule has 5 aromatic rings. The van der Waals surface area contributed by atoms with Crippen LogP contribution in [0.5, 0.6) is 0 Å². The summed E-state index contributed by atoms with van der Waals surface area (Å²) in [5.74, 6) is 0. The highest BCUT2D eigenvalue weighted by atomic mass is 31.1. The number of benzene rings is 5. The van der Waals surface area contributed by atoms with E-state index in [0.29, 0.717) is 0 Å². The minimum Gasteiger partial charge on any atom is -0.0836 e. The molecule has 0 saturated carbocycles. The van der Waals surface area contributed by atoms with Gasteiger partial charge in [0.2, 0.25) is 0 Å². The second-order valence-electron chi connectivity index (χ2n) is 12.0. The Hall–Kier alpha value is -4.77. The lowest BCUT2D eigenvalue weighted by Crippen LogP contribution is -2.20. The maximum Gasteiger partial charge on any atom is -0.0134 e. The first kappa shape index (κ1) is 31.2. The quantitative estimate of drug-likeness (QED) is 0.115. The Morgan fingerprint density at radius 3 is 1.22 bits per heavy atom. The molecular weight excluding hydrogens is 571 g/mol. The van der Waals surface area contributed by atoms with Gasteiger partial charge in [-0.25, -0.2) is 0 Å². The number of allylic oxidation sites excluding steroid dienone is 8. The fraction of sp³-hybridized carbons (Fsp3) is 0.111. The lowest BCUT2D eigenvalue weighted by atomic mass is 10.0. The average Bonchev–Trinajstić information content (AvgIpc) is 3.10. The summed E-state index contributed by atoms with van der Waals surface area (Å²) in [6.07, 6.45) is 15.9. The molecule has 226 valence electrons. The molecule has 0 fully saturated rings. The van der Waals surface area contributed by atoms with Gasteiger partial charge in [0.25, 0.3) is 0 Å². The first-order valence-electron chi connectivity index (χ1n) is 16.2. The van der Waals surface area contributed by atoms with Crippen LogP contribution in [0.25, 0.3) is 28.9 Å². The molecule has 0 amide bonds. The summed E-state index contributed by atoms with van der Waals surface area (Å²) in [6.45, 7) is 6.61. The number of hydrogen-bond acceptors (Lipinski definition) is 0. The highest BCUT2D eigenvalue weighted by Crippen LogP contribution is 2.35. The van der Waals surface area contributed by atoms with Gasteiger partial charge in [0.1, 0.15) is 0 Å². The summed E-state index contributed by atoms with van der Waals surface area (Å²) < 4.78 is 0. The molecule has 0 atom stereocenters. The van der Waals surface area contributed by atoms with Crippen LogP contribution < -0.4 is 15.9 Å². The average molecular weight is 613 g/mol. The van der Waals surface area contributed by atoms with E-state index in [2.05, 4.69) is 191 Å². The Kier molecular flexibility index (Phi) is 10.2. The van der Waals surface area contributed by atoms with Crippen molar-refractivity contribution in [2.45, 2.75) is 33.6 Å². The normalized spacial score (nSPS) is 14.0. The molecule has 0 bridgehead atoms. The summed E-state index contributed by atoms with van der Waals surface area (Å²) in [6, 6.07) is 48.8. The first-order chi connectivity index (χ1) is 22.5. The van der Waals surface area contributed by atoms with E-state index < -0.39 is 7.92 Å². The van der Waals surface area contributed by atoms with Crippen LogP contribution in [0.2, 0.25) is 0 Å². The molecule has 0 saturated heterocycles. The molecule has 0 spiro atoms. The Labute approximate surface area is 276 Å². The maximum atomic E-state index is 2.34. The van der Waals surface area contributed by atoms with E-state index in [-0.39, 0.29) is 0 Å². The fourth-order valence-corrected chi connectivity index (χ4v) is 8.14. The molecule has 0 nitrogen and oxygen atoms in total. The highest BCUT2D eigenvalue weighted by Gasteiger charge is 2.17. The minimum absolute atomic E-state index is 0.734. The molecule has 6 rings (SSSR count). The van der Waals surface area contributed by atoms with E-state index in [1.807, 2.05) is 0 Å². The van der Waals surface area contributed by atoms with Crippen LogP contribution in [0.1, 0.15) is 61.4 Å². The highest BCUT2D eigenvalue weighted by molar-refractivity contribution is 7.79. The predicted molar refractivity (Wildman–Crippen MR) is 205 cm³/mol. The zero-order chi connectivity index (χ0) is 31.7. The molecule has 5 aromatic carbocycles. The monoisotopic (exact) mass is 612 g/mol. The molecule has 0 aromatic heterocycles. The Morgan fingerprint density at radius 2 is 0.848 bits per heavy atom. The molecule has 0 radical (unpaired) electrons. The molecule has 1 heteroatoms. The van der Waals surface area contributed by atoms with Crippen molar-refractivity contribution in [3.63, 3.8) is 0 Å². The predicted octanol–water partition coefficient (Wildman–Crippen LogP) is 11.2. The molecule has 0 N–H and O–H groups in total. The minimum atomic E-state index is -0.734. The Morgan fingerprint density at radius 1 is 0.457 bits per heavy atom. The standard InChI is InChI=1S/C45H41P/c1-34(31-37-13-7-4-8-14-37)40-19-25-43(26-20-40)46(44-27-21-41(22-28-44)35(2)32-38-15-9-5-10-16-38)45-29-23-42(24-30-45)36(3)33-39-17-11-6-12-18-39/h4-5,7-11,13-33H,6,12H2,1-3H3/b34-31+,35-32+,36-33+. The van der Waals surface area contributed by atoms with Gasteiger partial charge >= 0.3 is 0 Å². The van der Waals surface area contributed by atoms with E-state index in [0.717, 1.165) is 12.8 Å². The van der Waals surface area contributed by atoms with Crippen LogP contribution in [0.4, 0.5) is 0 Å². The lowest BCUT2D eigenvalue weighted by molar-refractivity contribution is 1.03. The molecule has 0 unspecified atom stereocenters. The van der Waals surface area contributed by atoms with Crippen molar-refractivity contribution in [3.8, 4) is 0 Å². The van der Waals surface area contributed by atoms with Gasteiger partial charge in [-0.2, -0.15) is 0 Å². The Bertz CT molecular complexity index is 1800. The van der Waals surface area contributed by atoms with Gasteiger partial charge in [0.15, 0.2) is 0 Å². The van der Waals surface area contributed by atoms with E-state index in [1.54, 1.807) is 0 Å². The summed E-state index contributed by atoms with van der Waals surface area (Å²) in [4.78, 5) is 0. The van der Waals surface area contributed by atoms with Gasteiger partial charge in [-0.15, -0.1) is 0 Å². The summed E-state index contributed by atoms with van der Waals surface area (Å²) in [5, 5.41) is 4.07. The van der Waals surface area contributed by atoms with Crippen molar-refractivity contribution in [2.24, 2.45) is 0 Å². The van der Waals surface area contributed by atoms with E-state index in [1.165, 1.54) is 66.0 Å². The van der Waals surface area contributed by atoms with Gasteiger partial charge in [-0.3, -0.25) is 0 Å². The third-order valence-electron chi connectivity index (χ3n) is 8.51. The summed E-state index contributed by atoms with van der Waals surface area (Å²) in [5.41, 5.74) is 11.4. The maximum absolute atomic E-state index is 2.34. The molecule has 0 heterocycles. The van der Waals surface area contributed by atoms with Crippen molar-refractivity contribution in [1.82, 2.24) is 0 Å². The van der Waals surface area contributed by atoms with Crippen LogP contribution in [-0.2, 0) is 0 Å². The third-order valence-corrected chi connectivity index (χ3v) is 11.0. The van der Waals surface area contributed by atoms with Gasteiger partial charge in [0.05, 0.1) is 0 Å². The Balaban J connectivity index is 1.32. The van der Waals surface area contributed by atoms with Gasteiger partial charge in [-0.05, 0) is 108 Å². The van der Waals surface area contributed by atoms with E-state index in [9.17, 15) is 0 Å². The summed E-state index contributed by atoms with van der Waals surface area (Å²) in [7, 11) is -0.734. The molecule has 46 heavy (non-hydrogen) atoms. The zero-order valence-electron chi connectivity index (χ0n) is 27.0. The zero-order valence-corrected chi connectivity index (χ0v) is 27.9. The van der Waals surface area contributed by atoms with Gasteiger partial charge < -0.3 is 0 Å². The molecule has 1 aliphatic rings. The SMILES string of the molecule is C/C(=C\C1=CCCC=C1)c1ccc(P(c2ccc(/C(C)=C/c3ccccc3)cc2)c2ccc(/C(C)=C/c3ccccc3)cc2)cc1. The van der Waals surface area contributed by atoms with Gasteiger partial charge in [-0.1, -0.05) is 170 Å².